The van der Waals surface area contributed by atoms with Crippen LogP contribution in [-0.4, -0.2) is 57.2 Å². The molecular formula is C24H30N4O3. The number of amides is 3. The van der Waals surface area contributed by atoms with Gasteiger partial charge in [0.1, 0.15) is 5.75 Å². The van der Waals surface area contributed by atoms with Gasteiger partial charge in [-0.05, 0) is 42.7 Å². The van der Waals surface area contributed by atoms with Crippen LogP contribution >= 0.6 is 0 Å². The predicted molar refractivity (Wildman–Crippen MR) is 122 cm³/mol. The summed E-state index contributed by atoms with van der Waals surface area (Å²) < 4.78 is 5.50. The molecule has 3 amide bonds. The Hall–Kier alpha value is -3.22. The minimum Gasteiger partial charge on any atom is -0.495 e. The third kappa shape index (κ3) is 4.04. The Kier molecular flexibility index (Phi) is 6.02. The van der Waals surface area contributed by atoms with Gasteiger partial charge in [-0.25, -0.2) is 4.79 Å². The van der Waals surface area contributed by atoms with Crippen LogP contribution in [0, 0.1) is 0 Å². The third-order valence-corrected chi connectivity index (χ3v) is 6.53. The van der Waals surface area contributed by atoms with Crippen molar-refractivity contribution < 1.29 is 14.3 Å². The maximum absolute atomic E-state index is 13.6. The molecule has 1 saturated heterocycles. The number of benzene rings is 2. The molecule has 2 aromatic carbocycles. The quantitative estimate of drug-likeness (QED) is 0.776. The van der Waals surface area contributed by atoms with E-state index in [1.165, 1.54) is 0 Å². The van der Waals surface area contributed by atoms with E-state index in [1.54, 1.807) is 14.2 Å². The molecule has 164 valence electrons. The fourth-order valence-corrected chi connectivity index (χ4v) is 4.57. The predicted octanol–water partition coefficient (Wildman–Crippen LogP) is 3.22. The van der Waals surface area contributed by atoms with Gasteiger partial charge in [0.2, 0.25) is 5.91 Å². The lowest BCUT2D eigenvalue weighted by molar-refractivity contribution is -0.141. The Bertz CT molecular complexity index is 932. The molecule has 0 atom stereocenters. The molecule has 1 aliphatic carbocycles. The number of anilines is 2. The van der Waals surface area contributed by atoms with Gasteiger partial charge in [0, 0.05) is 38.9 Å². The van der Waals surface area contributed by atoms with Crippen molar-refractivity contribution in [2.75, 3.05) is 50.6 Å². The number of urea groups is 1. The summed E-state index contributed by atoms with van der Waals surface area (Å²) in [5.74, 6) is 1.09. The lowest BCUT2D eigenvalue weighted by atomic mass is 9.63. The van der Waals surface area contributed by atoms with Crippen LogP contribution in [0.1, 0.15) is 24.8 Å². The van der Waals surface area contributed by atoms with Crippen LogP contribution < -0.4 is 20.3 Å². The second kappa shape index (κ2) is 8.88. The van der Waals surface area contributed by atoms with E-state index in [0.717, 1.165) is 55.0 Å². The highest BCUT2D eigenvalue weighted by atomic mass is 16.5. The standard InChI is InChI=1S/C24H30N4O3/c1-25-23(30)26-19-10-8-18(9-11-19)24(12-5-13-24)22(29)28-16-14-27(15-17-28)20-6-3-4-7-21(20)31-2/h3-4,6-11H,5,12-17H2,1-2H3,(H2,25,26,30). The number of methoxy groups -OCH3 is 1. The molecule has 1 saturated carbocycles. The summed E-state index contributed by atoms with van der Waals surface area (Å²) in [6.07, 6.45) is 2.81. The maximum Gasteiger partial charge on any atom is 0.318 e. The smallest absolute Gasteiger partial charge is 0.318 e. The highest BCUT2D eigenvalue weighted by molar-refractivity contribution is 5.91. The molecule has 1 heterocycles. The van der Waals surface area contributed by atoms with Crippen molar-refractivity contribution in [1.29, 1.82) is 0 Å². The first kappa shape index (κ1) is 21.0. The molecule has 7 heteroatoms. The van der Waals surface area contributed by atoms with Crippen molar-refractivity contribution in [1.82, 2.24) is 10.2 Å². The molecule has 0 bridgehead atoms. The lowest BCUT2D eigenvalue weighted by Gasteiger charge is -2.46. The molecule has 0 spiro atoms. The largest absolute Gasteiger partial charge is 0.495 e. The van der Waals surface area contributed by atoms with Crippen LogP contribution in [0.4, 0.5) is 16.2 Å². The highest BCUT2D eigenvalue weighted by Crippen LogP contribution is 2.45. The number of hydrogen-bond acceptors (Lipinski definition) is 4. The first-order valence-corrected chi connectivity index (χ1v) is 10.8. The maximum atomic E-state index is 13.6. The molecule has 2 aliphatic rings. The van der Waals surface area contributed by atoms with E-state index in [0.29, 0.717) is 13.1 Å². The molecule has 0 radical (unpaired) electrons. The molecule has 2 N–H and O–H groups in total. The molecular weight excluding hydrogens is 392 g/mol. The molecule has 0 aromatic heterocycles. The Labute approximate surface area is 183 Å². The minimum absolute atomic E-state index is 0.227. The van der Waals surface area contributed by atoms with Crippen molar-refractivity contribution in [2.45, 2.75) is 24.7 Å². The van der Waals surface area contributed by atoms with Gasteiger partial charge in [0.05, 0.1) is 18.2 Å². The highest BCUT2D eigenvalue weighted by Gasteiger charge is 2.48. The first-order chi connectivity index (χ1) is 15.1. The van der Waals surface area contributed by atoms with Gasteiger partial charge in [-0.15, -0.1) is 0 Å². The molecule has 2 fully saturated rings. The summed E-state index contributed by atoms with van der Waals surface area (Å²) in [5.41, 5.74) is 2.40. The molecule has 4 rings (SSSR count). The number of nitrogens with one attached hydrogen (secondary N) is 2. The first-order valence-electron chi connectivity index (χ1n) is 10.8. The normalized spacial score (nSPS) is 17.5. The Balaban J connectivity index is 1.44. The van der Waals surface area contributed by atoms with E-state index < -0.39 is 5.41 Å². The van der Waals surface area contributed by atoms with E-state index in [4.69, 9.17) is 4.74 Å². The number of rotatable bonds is 5. The van der Waals surface area contributed by atoms with Gasteiger partial charge in [-0.3, -0.25) is 4.79 Å². The number of nitrogens with zero attached hydrogens (tertiary/aromatic N) is 2. The van der Waals surface area contributed by atoms with E-state index in [-0.39, 0.29) is 11.9 Å². The van der Waals surface area contributed by atoms with Crippen molar-refractivity contribution in [3.8, 4) is 5.75 Å². The fraction of sp³-hybridized carbons (Fsp3) is 0.417. The summed E-state index contributed by atoms with van der Waals surface area (Å²) in [6.45, 7) is 2.98. The van der Waals surface area contributed by atoms with Crippen LogP contribution in [0.3, 0.4) is 0 Å². The van der Waals surface area contributed by atoms with Crippen LogP contribution in [0.2, 0.25) is 0 Å². The Morgan fingerprint density at radius 2 is 1.65 bits per heavy atom. The van der Waals surface area contributed by atoms with Gasteiger partial charge in [0.25, 0.3) is 0 Å². The van der Waals surface area contributed by atoms with Crippen molar-refractivity contribution in [3.05, 3.63) is 54.1 Å². The van der Waals surface area contributed by atoms with Crippen LogP contribution in [0.25, 0.3) is 0 Å². The Morgan fingerprint density at radius 1 is 0.968 bits per heavy atom. The topological polar surface area (TPSA) is 73.9 Å². The van der Waals surface area contributed by atoms with Gasteiger partial charge >= 0.3 is 6.03 Å². The molecule has 7 nitrogen and oxygen atoms in total. The van der Waals surface area contributed by atoms with E-state index in [1.807, 2.05) is 47.4 Å². The summed E-state index contributed by atoms with van der Waals surface area (Å²) in [5, 5.41) is 5.31. The summed E-state index contributed by atoms with van der Waals surface area (Å²) in [7, 11) is 3.27. The monoisotopic (exact) mass is 422 g/mol. The minimum atomic E-state index is -0.432. The second-order valence-corrected chi connectivity index (χ2v) is 8.17. The Morgan fingerprint density at radius 3 is 2.23 bits per heavy atom. The van der Waals surface area contributed by atoms with E-state index in [2.05, 4.69) is 21.6 Å². The number of para-hydroxylation sites is 2. The van der Waals surface area contributed by atoms with E-state index in [9.17, 15) is 9.59 Å². The molecule has 1 aliphatic heterocycles. The summed E-state index contributed by atoms with van der Waals surface area (Å²) in [4.78, 5) is 29.4. The number of piperazine rings is 1. The number of carbonyl (C=O) groups is 2. The van der Waals surface area contributed by atoms with Crippen LogP contribution in [-0.2, 0) is 10.2 Å². The average molecular weight is 423 g/mol. The van der Waals surface area contributed by atoms with Crippen LogP contribution in [0.15, 0.2) is 48.5 Å². The lowest BCUT2D eigenvalue weighted by Crippen LogP contribution is -2.56. The third-order valence-electron chi connectivity index (χ3n) is 6.53. The summed E-state index contributed by atoms with van der Waals surface area (Å²) >= 11 is 0. The second-order valence-electron chi connectivity index (χ2n) is 8.17. The van der Waals surface area contributed by atoms with E-state index >= 15 is 0 Å². The SMILES string of the molecule is CNC(=O)Nc1ccc(C2(C(=O)N3CCN(c4ccccc4OC)CC3)CCC2)cc1. The van der Waals surface area contributed by atoms with Gasteiger partial charge < -0.3 is 25.2 Å². The van der Waals surface area contributed by atoms with Gasteiger partial charge in [0.15, 0.2) is 0 Å². The zero-order valence-corrected chi connectivity index (χ0v) is 18.2. The van der Waals surface area contributed by atoms with Gasteiger partial charge in [-0.1, -0.05) is 30.7 Å². The molecule has 31 heavy (non-hydrogen) atoms. The number of ether oxygens (including phenoxy) is 1. The zero-order chi connectivity index (χ0) is 21.8. The van der Waals surface area contributed by atoms with Gasteiger partial charge in [-0.2, -0.15) is 0 Å². The summed E-state index contributed by atoms with van der Waals surface area (Å²) in [6, 6.07) is 15.5. The van der Waals surface area contributed by atoms with Crippen LogP contribution in [0.5, 0.6) is 5.75 Å². The zero-order valence-electron chi connectivity index (χ0n) is 18.2. The number of carbonyl (C=O) groups excluding carboxylic acids is 2. The molecule has 2 aromatic rings. The van der Waals surface area contributed by atoms with Crippen molar-refractivity contribution >= 4 is 23.3 Å². The number of hydrogen-bond donors (Lipinski definition) is 2. The average Bonchev–Trinajstić information content (AvgIpc) is 2.79. The molecule has 0 unspecified atom stereocenters. The fourth-order valence-electron chi connectivity index (χ4n) is 4.57. The van der Waals surface area contributed by atoms with Crippen molar-refractivity contribution in [3.63, 3.8) is 0 Å². The van der Waals surface area contributed by atoms with Crippen molar-refractivity contribution in [2.24, 2.45) is 0 Å².